The summed E-state index contributed by atoms with van der Waals surface area (Å²) in [5, 5.41) is 91.5. The molecule has 35 heavy (non-hydrogen) atoms. The molecule has 1 unspecified atom stereocenters. The highest BCUT2D eigenvalue weighted by molar-refractivity contribution is 6.31. The second kappa shape index (κ2) is 8.18. The van der Waals surface area contributed by atoms with Gasteiger partial charge in [-0.1, -0.05) is 0 Å². The third-order valence-electron chi connectivity index (χ3n) is 6.33. The Morgan fingerprint density at radius 1 is 0.886 bits per heavy atom. The number of phenols is 4. The van der Waals surface area contributed by atoms with Gasteiger partial charge in [0.1, 0.15) is 47.6 Å². The van der Waals surface area contributed by atoms with Crippen LogP contribution >= 0.6 is 0 Å². The van der Waals surface area contributed by atoms with Crippen LogP contribution in [-0.2, 0) is 4.74 Å². The minimum Gasteiger partial charge on any atom is -0.507 e. The number of hydrogen-bond acceptors (Lipinski definition) is 12. The van der Waals surface area contributed by atoms with Crippen LogP contribution in [0.3, 0.4) is 0 Å². The number of aromatic hydroxyl groups is 4. The van der Waals surface area contributed by atoms with Gasteiger partial charge in [0.15, 0.2) is 23.1 Å². The molecule has 186 valence electrons. The Hall–Kier alpha value is -3.75. The van der Waals surface area contributed by atoms with Gasteiger partial charge in [0.05, 0.1) is 23.3 Å². The number of rotatable bonds is 3. The maximum absolute atomic E-state index is 13.4. The van der Waals surface area contributed by atoms with Gasteiger partial charge in [-0.3, -0.25) is 9.59 Å². The minimum absolute atomic E-state index is 0.308. The highest BCUT2D eigenvalue weighted by atomic mass is 16.5. The number of aliphatic hydroxyl groups excluding tert-OH is 4. The van der Waals surface area contributed by atoms with Crippen LogP contribution in [0.5, 0.6) is 23.0 Å². The summed E-state index contributed by atoms with van der Waals surface area (Å²) in [7, 11) is 0. The third kappa shape index (κ3) is 3.25. The van der Waals surface area contributed by atoms with E-state index in [1.54, 1.807) is 0 Å². The van der Waals surface area contributed by atoms with Crippen LogP contribution in [0.2, 0.25) is 0 Å². The maximum atomic E-state index is 13.4. The lowest BCUT2D eigenvalue weighted by atomic mass is 9.77. The Morgan fingerprint density at radius 2 is 1.49 bits per heavy atom. The Labute approximate surface area is 195 Å². The molecule has 1 heterocycles. The van der Waals surface area contributed by atoms with Crippen LogP contribution in [0, 0.1) is 6.92 Å². The van der Waals surface area contributed by atoms with Crippen molar-refractivity contribution in [2.24, 2.45) is 0 Å². The molecule has 2 aromatic rings. The Kier molecular flexibility index (Phi) is 5.70. The summed E-state index contributed by atoms with van der Waals surface area (Å²) in [5.74, 6) is -8.24. The Balaban J connectivity index is 1.99. The molecule has 9 N–H and O–H groups in total. The van der Waals surface area contributed by atoms with Crippen molar-refractivity contribution < 1.29 is 65.1 Å². The number of carbonyl (C=O) groups excluding carboxylic acids is 2. The fourth-order valence-electron chi connectivity index (χ4n) is 4.58. The summed E-state index contributed by atoms with van der Waals surface area (Å²) < 4.78 is 5.30. The van der Waals surface area contributed by atoms with Crippen LogP contribution in [0.4, 0.5) is 0 Å². The molecule has 13 nitrogen and oxygen atoms in total. The lowest BCUT2D eigenvalue weighted by molar-refractivity contribution is -0.232. The topological polar surface area (TPSA) is 243 Å². The van der Waals surface area contributed by atoms with Crippen molar-refractivity contribution in [1.82, 2.24) is 0 Å². The van der Waals surface area contributed by atoms with E-state index in [9.17, 15) is 60.3 Å². The summed E-state index contributed by atoms with van der Waals surface area (Å²) in [4.78, 5) is 38.1. The van der Waals surface area contributed by atoms with Gasteiger partial charge in [-0.25, -0.2) is 4.79 Å². The second-order valence-electron chi connectivity index (χ2n) is 8.24. The predicted molar refractivity (Wildman–Crippen MR) is 111 cm³/mol. The first-order chi connectivity index (χ1) is 16.3. The van der Waals surface area contributed by atoms with Gasteiger partial charge in [0, 0.05) is 11.1 Å². The number of fused-ring (bicyclic) bond motifs is 2. The number of ether oxygens (including phenoxy) is 1. The summed E-state index contributed by atoms with van der Waals surface area (Å²) in [6.45, 7) is 0.291. The molecule has 1 aliphatic heterocycles. The normalized spacial score (nSPS) is 25.8. The van der Waals surface area contributed by atoms with Gasteiger partial charge >= 0.3 is 5.97 Å². The number of carbonyl (C=O) groups is 3. The number of phenolic OH excluding ortho intramolecular Hbond substituents is 3. The molecule has 0 aromatic heterocycles. The SMILES string of the molecule is Cc1c(C(=O)O)c(O)cc2c1C(=O)c1c(O)c(C3O[C@@H](CO)[C@H](O)[C@@H](O)[C@@H]3O)c(O)c(O)c1C2=O. The standard InChI is InChI=1S/C22H20O13/c1-4-8-5(2-6(24)9(4)22(33)34)13(25)10-11(15(8)27)16(28)12(18(30)17(10)29)21-20(32)19(31)14(26)7(3-23)35-21/h2,7,14,19-21,23-24,26,28-32H,3H2,1H3,(H,33,34)/t7-,14-,19+,20-,21?/m0/s1. The molecule has 0 bridgehead atoms. The van der Waals surface area contributed by atoms with E-state index >= 15 is 0 Å². The van der Waals surface area contributed by atoms with E-state index in [4.69, 9.17) is 4.74 Å². The minimum atomic E-state index is -2.03. The lowest BCUT2D eigenvalue weighted by Gasteiger charge is -2.40. The Bertz CT molecular complexity index is 1300. The van der Waals surface area contributed by atoms with Gasteiger partial charge in [0.2, 0.25) is 0 Å². The van der Waals surface area contributed by atoms with Crippen molar-refractivity contribution in [3.63, 3.8) is 0 Å². The fourth-order valence-corrected chi connectivity index (χ4v) is 4.58. The van der Waals surface area contributed by atoms with Gasteiger partial charge in [0.25, 0.3) is 0 Å². The molecule has 1 aliphatic carbocycles. The number of carboxylic acids is 1. The molecular formula is C22H20O13. The van der Waals surface area contributed by atoms with Crippen LogP contribution in [-0.4, -0.2) is 94.5 Å². The van der Waals surface area contributed by atoms with E-state index < -0.39 is 111 Å². The predicted octanol–water partition coefficient (Wildman–Crippen LogP) is -1.19. The highest BCUT2D eigenvalue weighted by Gasteiger charge is 2.48. The molecular weight excluding hydrogens is 472 g/mol. The largest absolute Gasteiger partial charge is 0.507 e. The maximum Gasteiger partial charge on any atom is 0.339 e. The van der Waals surface area contributed by atoms with Crippen molar-refractivity contribution in [2.45, 2.75) is 37.4 Å². The molecule has 1 fully saturated rings. The molecule has 5 atom stereocenters. The second-order valence-corrected chi connectivity index (χ2v) is 8.24. The molecule has 2 aliphatic rings. The highest BCUT2D eigenvalue weighted by Crippen LogP contribution is 2.52. The van der Waals surface area contributed by atoms with Crippen molar-refractivity contribution in [3.05, 3.63) is 45.0 Å². The van der Waals surface area contributed by atoms with Crippen LogP contribution in [0.15, 0.2) is 6.07 Å². The van der Waals surface area contributed by atoms with Gasteiger partial charge < -0.3 is 50.7 Å². The first-order valence-electron chi connectivity index (χ1n) is 10.2. The summed E-state index contributed by atoms with van der Waals surface area (Å²) >= 11 is 0. The summed E-state index contributed by atoms with van der Waals surface area (Å²) in [6.07, 6.45) is -9.12. The summed E-state index contributed by atoms with van der Waals surface area (Å²) in [5.41, 5.74) is -4.49. The number of aliphatic hydroxyl groups is 4. The number of aromatic carboxylic acids is 1. The van der Waals surface area contributed by atoms with Crippen LogP contribution in [0.1, 0.15) is 59.4 Å². The first-order valence-corrected chi connectivity index (χ1v) is 10.2. The zero-order chi connectivity index (χ0) is 26.1. The fraction of sp³-hybridized carbons (Fsp3) is 0.318. The molecule has 13 heteroatoms. The van der Waals surface area contributed by atoms with Crippen LogP contribution in [0.25, 0.3) is 0 Å². The van der Waals surface area contributed by atoms with E-state index in [0.29, 0.717) is 6.07 Å². The zero-order valence-electron chi connectivity index (χ0n) is 17.8. The molecule has 0 spiro atoms. The number of hydrogen-bond donors (Lipinski definition) is 9. The molecule has 0 radical (unpaired) electrons. The average Bonchev–Trinajstić information content (AvgIpc) is 2.79. The van der Waals surface area contributed by atoms with E-state index in [-0.39, 0.29) is 5.56 Å². The Morgan fingerprint density at radius 3 is 2.06 bits per heavy atom. The third-order valence-corrected chi connectivity index (χ3v) is 6.33. The molecule has 1 saturated heterocycles. The van der Waals surface area contributed by atoms with Gasteiger partial charge in [-0.15, -0.1) is 0 Å². The van der Waals surface area contributed by atoms with Crippen molar-refractivity contribution in [1.29, 1.82) is 0 Å². The number of carboxylic acid groups (broad SMARTS) is 1. The lowest BCUT2D eigenvalue weighted by Crippen LogP contribution is -2.55. The van der Waals surface area contributed by atoms with E-state index in [1.165, 1.54) is 0 Å². The molecule has 0 saturated carbocycles. The van der Waals surface area contributed by atoms with E-state index in [1.807, 2.05) is 0 Å². The molecule has 2 aromatic carbocycles. The van der Waals surface area contributed by atoms with E-state index in [0.717, 1.165) is 6.92 Å². The van der Waals surface area contributed by atoms with Crippen molar-refractivity contribution >= 4 is 17.5 Å². The van der Waals surface area contributed by atoms with Crippen molar-refractivity contribution in [2.75, 3.05) is 6.61 Å². The quantitative estimate of drug-likeness (QED) is 0.154. The molecule has 4 rings (SSSR count). The van der Waals surface area contributed by atoms with Gasteiger partial charge in [-0.2, -0.15) is 0 Å². The number of ketones is 2. The zero-order valence-corrected chi connectivity index (χ0v) is 17.8. The van der Waals surface area contributed by atoms with Gasteiger partial charge in [-0.05, 0) is 18.6 Å². The average molecular weight is 492 g/mol. The summed E-state index contributed by atoms with van der Waals surface area (Å²) in [6, 6.07) is 0.716. The smallest absolute Gasteiger partial charge is 0.339 e. The molecule has 0 amide bonds. The first kappa shape index (κ1) is 24.4. The van der Waals surface area contributed by atoms with Crippen molar-refractivity contribution in [3.8, 4) is 23.0 Å². The number of benzene rings is 2. The van der Waals surface area contributed by atoms with E-state index in [2.05, 4.69) is 0 Å². The van der Waals surface area contributed by atoms with Crippen LogP contribution < -0.4 is 0 Å². The monoisotopic (exact) mass is 492 g/mol.